The third kappa shape index (κ3) is 2.89. The molecule has 100 valence electrons. The van der Waals surface area contributed by atoms with E-state index in [1.165, 1.54) is 48.6 Å². The monoisotopic (exact) mass is 272 g/mol. The van der Waals surface area contributed by atoms with Crippen molar-refractivity contribution in [2.24, 2.45) is 5.92 Å². The van der Waals surface area contributed by atoms with Gasteiger partial charge in [0, 0.05) is 16.7 Å². The fourth-order valence-corrected chi connectivity index (χ4v) is 4.08. The number of carbonyl (C=O) groups is 1. The summed E-state index contributed by atoms with van der Waals surface area (Å²) in [5, 5.41) is 3.28. The number of benzene rings is 1. The van der Waals surface area contributed by atoms with Crippen molar-refractivity contribution in [1.82, 2.24) is 0 Å². The quantitative estimate of drug-likeness (QED) is 0.536. The molecule has 1 nitrogen and oxygen atoms in total. The molecule has 1 aliphatic rings. The second-order valence-corrected chi connectivity index (χ2v) is 6.55. The van der Waals surface area contributed by atoms with E-state index in [0.29, 0.717) is 11.7 Å². The molecule has 0 spiro atoms. The third-order valence-corrected chi connectivity index (χ3v) is 5.19. The van der Waals surface area contributed by atoms with Gasteiger partial charge in [0.25, 0.3) is 0 Å². The molecule has 1 aromatic heterocycles. The lowest BCUT2D eigenvalue weighted by Gasteiger charge is -2.13. The van der Waals surface area contributed by atoms with Crippen LogP contribution in [0.2, 0.25) is 0 Å². The highest BCUT2D eigenvalue weighted by molar-refractivity contribution is 7.17. The van der Waals surface area contributed by atoms with Gasteiger partial charge < -0.3 is 0 Å². The zero-order valence-corrected chi connectivity index (χ0v) is 12.0. The summed E-state index contributed by atoms with van der Waals surface area (Å²) in [4.78, 5) is 12.5. The molecule has 2 aromatic rings. The van der Waals surface area contributed by atoms with Crippen molar-refractivity contribution in [1.29, 1.82) is 0 Å². The first-order valence-electron chi connectivity index (χ1n) is 7.34. The molecule has 0 aliphatic heterocycles. The van der Waals surface area contributed by atoms with Crippen LogP contribution in [-0.2, 0) is 0 Å². The van der Waals surface area contributed by atoms with Gasteiger partial charge in [-0.1, -0.05) is 50.7 Å². The van der Waals surface area contributed by atoms with E-state index in [4.69, 9.17) is 0 Å². The lowest BCUT2D eigenvalue weighted by atomic mass is 9.92. The average molecular weight is 272 g/mol. The summed E-state index contributed by atoms with van der Waals surface area (Å²) in [6.07, 6.45) is 8.55. The summed E-state index contributed by atoms with van der Waals surface area (Å²) in [5.74, 6) is 0.963. The molecule has 1 fully saturated rings. The number of fused-ring (bicyclic) bond motifs is 1. The minimum atomic E-state index is 0.347. The molecule has 1 aromatic carbocycles. The lowest BCUT2D eigenvalue weighted by molar-refractivity contribution is 0.0959. The smallest absolute Gasteiger partial charge is 0.164 e. The van der Waals surface area contributed by atoms with Crippen LogP contribution in [0.1, 0.15) is 55.3 Å². The van der Waals surface area contributed by atoms with E-state index in [0.717, 1.165) is 12.0 Å². The maximum absolute atomic E-state index is 12.5. The van der Waals surface area contributed by atoms with Crippen LogP contribution in [0.5, 0.6) is 0 Å². The van der Waals surface area contributed by atoms with Crippen molar-refractivity contribution in [3.63, 3.8) is 0 Å². The van der Waals surface area contributed by atoms with Gasteiger partial charge in [0.05, 0.1) is 0 Å². The molecule has 1 aliphatic carbocycles. The first-order valence-corrected chi connectivity index (χ1v) is 8.22. The van der Waals surface area contributed by atoms with Crippen molar-refractivity contribution in [3.8, 4) is 0 Å². The van der Waals surface area contributed by atoms with Crippen molar-refractivity contribution in [2.75, 3.05) is 0 Å². The average Bonchev–Trinajstić information content (AvgIpc) is 2.76. The highest BCUT2D eigenvalue weighted by Gasteiger charge is 2.18. The SMILES string of the molecule is O=C(CC1CCCCCC1)c1cccc2ccsc12. The molecular formula is C17H20OS. The van der Waals surface area contributed by atoms with Gasteiger partial charge in [-0.15, -0.1) is 11.3 Å². The van der Waals surface area contributed by atoms with E-state index in [1.807, 2.05) is 12.1 Å². The Morgan fingerprint density at radius 1 is 1.11 bits per heavy atom. The van der Waals surface area contributed by atoms with Gasteiger partial charge in [-0.25, -0.2) is 0 Å². The van der Waals surface area contributed by atoms with Crippen LogP contribution in [0.25, 0.3) is 10.1 Å². The van der Waals surface area contributed by atoms with Crippen LogP contribution in [-0.4, -0.2) is 5.78 Å². The number of thiophene rings is 1. The molecule has 0 radical (unpaired) electrons. The maximum Gasteiger partial charge on any atom is 0.164 e. The Bertz CT molecular complexity index is 561. The Balaban J connectivity index is 1.77. The van der Waals surface area contributed by atoms with Crippen molar-refractivity contribution in [2.45, 2.75) is 44.9 Å². The Morgan fingerprint density at radius 2 is 1.89 bits per heavy atom. The van der Waals surface area contributed by atoms with Crippen LogP contribution in [0.4, 0.5) is 0 Å². The number of ketones is 1. The molecule has 1 heterocycles. The van der Waals surface area contributed by atoms with E-state index < -0.39 is 0 Å². The zero-order chi connectivity index (χ0) is 13.1. The number of carbonyl (C=O) groups excluding carboxylic acids is 1. The van der Waals surface area contributed by atoms with Gasteiger partial charge in [-0.05, 0) is 28.8 Å². The Kier molecular flexibility index (Phi) is 3.97. The Labute approximate surface area is 118 Å². The van der Waals surface area contributed by atoms with Crippen LogP contribution in [0, 0.1) is 5.92 Å². The third-order valence-electron chi connectivity index (χ3n) is 4.23. The van der Waals surface area contributed by atoms with Gasteiger partial charge in [0.1, 0.15) is 0 Å². The van der Waals surface area contributed by atoms with Crippen LogP contribution < -0.4 is 0 Å². The van der Waals surface area contributed by atoms with Crippen LogP contribution in [0.3, 0.4) is 0 Å². The van der Waals surface area contributed by atoms with E-state index >= 15 is 0 Å². The molecular weight excluding hydrogens is 252 g/mol. The van der Waals surface area contributed by atoms with E-state index in [9.17, 15) is 4.79 Å². The fourth-order valence-electron chi connectivity index (χ4n) is 3.15. The summed E-state index contributed by atoms with van der Waals surface area (Å²) >= 11 is 1.69. The van der Waals surface area contributed by atoms with Crippen molar-refractivity contribution < 1.29 is 4.79 Å². The topological polar surface area (TPSA) is 17.1 Å². The molecule has 3 rings (SSSR count). The first-order chi connectivity index (χ1) is 9.34. The van der Waals surface area contributed by atoms with E-state index in [1.54, 1.807) is 11.3 Å². The molecule has 0 N–H and O–H groups in total. The van der Waals surface area contributed by atoms with E-state index in [2.05, 4.69) is 17.5 Å². The molecule has 19 heavy (non-hydrogen) atoms. The normalized spacial score (nSPS) is 17.5. The second kappa shape index (κ2) is 5.87. The number of rotatable bonds is 3. The highest BCUT2D eigenvalue weighted by Crippen LogP contribution is 2.30. The van der Waals surface area contributed by atoms with E-state index in [-0.39, 0.29) is 0 Å². The maximum atomic E-state index is 12.5. The number of hydrogen-bond acceptors (Lipinski definition) is 2. The lowest BCUT2D eigenvalue weighted by Crippen LogP contribution is -2.08. The van der Waals surface area contributed by atoms with Crippen molar-refractivity contribution >= 4 is 27.2 Å². The molecule has 0 atom stereocenters. The van der Waals surface area contributed by atoms with Gasteiger partial charge in [0.2, 0.25) is 0 Å². The summed E-state index contributed by atoms with van der Waals surface area (Å²) in [5.41, 5.74) is 0.941. The largest absolute Gasteiger partial charge is 0.294 e. The summed E-state index contributed by atoms with van der Waals surface area (Å²) < 4.78 is 1.17. The minimum absolute atomic E-state index is 0.347. The van der Waals surface area contributed by atoms with Gasteiger partial charge in [-0.3, -0.25) is 4.79 Å². The van der Waals surface area contributed by atoms with Gasteiger partial charge >= 0.3 is 0 Å². The summed E-state index contributed by atoms with van der Waals surface area (Å²) in [6, 6.07) is 8.20. The Hall–Kier alpha value is -1.15. The molecule has 0 amide bonds. The van der Waals surface area contributed by atoms with Gasteiger partial charge in [-0.2, -0.15) is 0 Å². The van der Waals surface area contributed by atoms with Crippen LogP contribution >= 0.6 is 11.3 Å². The number of hydrogen-bond donors (Lipinski definition) is 0. The number of Topliss-reactive ketones (excluding diaryl/α,β-unsaturated/α-hetero) is 1. The molecule has 0 bridgehead atoms. The second-order valence-electron chi connectivity index (χ2n) is 5.63. The van der Waals surface area contributed by atoms with Crippen molar-refractivity contribution in [3.05, 3.63) is 35.2 Å². The molecule has 0 unspecified atom stereocenters. The molecule has 2 heteroatoms. The predicted molar refractivity (Wildman–Crippen MR) is 82.0 cm³/mol. The Morgan fingerprint density at radius 3 is 2.68 bits per heavy atom. The predicted octanol–water partition coefficient (Wildman–Crippen LogP) is 5.44. The standard InChI is InChI=1S/C17H20OS/c18-16(12-13-6-3-1-2-4-7-13)15-9-5-8-14-10-11-19-17(14)15/h5,8-11,13H,1-4,6-7,12H2. The highest BCUT2D eigenvalue weighted by atomic mass is 32.1. The zero-order valence-electron chi connectivity index (χ0n) is 11.2. The summed E-state index contributed by atoms with van der Waals surface area (Å²) in [6.45, 7) is 0. The molecule has 0 saturated heterocycles. The fraction of sp³-hybridized carbons (Fsp3) is 0.471. The molecule has 1 saturated carbocycles. The van der Waals surface area contributed by atoms with Gasteiger partial charge in [0.15, 0.2) is 5.78 Å². The minimum Gasteiger partial charge on any atom is -0.294 e. The van der Waals surface area contributed by atoms with Crippen LogP contribution in [0.15, 0.2) is 29.6 Å². The first kappa shape index (κ1) is 12.9. The summed E-state index contributed by atoms with van der Waals surface area (Å²) in [7, 11) is 0.